The predicted molar refractivity (Wildman–Crippen MR) is 63.7 cm³/mol. The van der Waals surface area contributed by atoms with Crippen LogP contribution in [0.1, 0.15) is 19.4 Å². The second kappa shape index (κ2) is 3.86. The van der Waals surface area contributed by atoms with Crippen molar-refractivity contribution in [3.05, 3.63) is 29.8 Å². The Morgan fingerprint density at radius 1 is 1.25 bits per heavy atom. The first-order chi connectivity index (χ1) is 7.43. The average molecular weight is 239 g/mol. The van der Waals surface area contributed by atoms with E-state index in [4.69, 9.17) is 0 Å². The van der Waals surface area contributed by atoms with Crippen molar-refractivity contribution < 1.29 is 8.42 Å². The van der Waals surface area contributed by atoms with Gasteiger partial charge in [-0.15, -0.1) is 0 Å². The summed E-state index contributed by atoms with van der Waals surface area (Å²) >= 11 is 0. The molecule has 16 heavy (non-hydrogen) atoms. The number of aryl methyl sites for hydroxylation is 1. The van der Waals surface area contributed by atoms with Crippen LogP contribution in [-0.2, 0) is 10.0 Å². The van der Waals surface area contributed by atoms with Gasteiger partial charge in [0.2, 0.25) is 10.0 Å². The van der Waals surface area contributed by atoms with Crippen molar-refractivity contribution in [2.75, 3.05) is 6.54 Å². The van der Waals surface area contributed by atoms with Gasteiger partial charge in [-0.2, -0.15) is 4.31 Å². The summed E-state index contributed by atoms with van der Waals surface area (Å²) < 4.78 is 25.9. The van der Waals surface area contributed by atoms with Crippen molar-refractivity contribution in [2.45, 2.75) is 31.7 Å². The van der Waals surface area contributed by atoms with Crippen LogP contribution in [0, 0.1) is 12.8 Å². The molecule has 0 saturated carbocycles. The SMILES string of the molecule is Cc1ccc(S(=O)(=O)N2C[C@@H]2C(C)C)cc1. The Labute approximate surface area is 97.1 Å². The molecular formula is C12H17NO2S. The number of rotatable bonds is 3. The molecule has 1 aromatic rings. The third-order valence-corrected chi connectivity index (χ3v) is 4.91. The van der Waals surface area contributed by atoms with E-state index in [1.54, 1.807) is 16.4 Å². The molecule has 1 saturated heterocycles. The molecule has 0 radical (unpaired) electrons. The van der Waals surface area contributed by atoms with Crippen molar-refractivity contribution in [3.63, 3.8) is 0 Å². The van der Waals surface area contributed by atoms with Crippen LogP contribution in [0.15, 0.2) is 29.2 Å². The lowest BCUT2D eigenvalue weighted by atomic mass is 10.1. The molecule has 2 atom stereocenters. The predicted octanol–water partition coefficient (Wildman–Crippen LogP) is 2.02. The fourth-order valence-electron chi connectivity index (χ4n) is 1.80. The molecule has 0 bridgehead atoms. The summed E-state index contributed by atoms with van der Waals surface area (Å²) in [5.41, 5.74) is 1.07. The van der Waals surface area contributed by atoms with Crippen LogP contribution in [0.4, 0.5) is 0 Å². The van der Waals surface area contributed by atoms with E-state index >= 15 is 0 Å². The van der Waals surface area contributed by atoms with Gasteiger partial charge in [-0.1, -0.05) is 31.5 Å². The first-order valence-corrected chi connectivity index (χ1v) is 6.95. The van der Waals surface area contributed by atoms with Gasteiger partial charge in [0.15, 0.2) is 0 Å². The highest BCUT2D eigenvalue weighted by molar-refractivity contribution is 7.89. The lowest BCUT2D eigenvalue weighted by Crippen LogP contribution is -2.16. The first kappa shape index (κ1) is 11.6. The van der Waals surface area contributed by atoms with Crippen LogP contribution >= 0.6 is 0 Å². The quantitative estimate of drug-likeness (QED) is 0.757. The Morgan fingerprint density at radius 3 is 2.25 bits per heavy atom. The van der Waals surface area contributed by atoms with E-state index in [1.807, 2.05) is 19.1 Å². The van der Waals surface area contributed by atoms with Crippen LogP contribution in [-0.4, -0.2) is 25.3 Å². The molecule has 4 heteroatoms. The maximum Gasteiger partial charge on any atom is 0.243 e. The topological polar surface area (TPSA) is 37.1 Å². The molecule has 0 N–H and O–H groups in total. The second-order valence-electron chi connectivity index (χ2n) is 4.70. The summed E-state index contributed by atoms with van der Waals surface area (Å²) in [5, 5.41) is 0. The van der Waals surface area contributed by atoms with E-state index in [-0.39, 0.29) is 6.04 Å². The molecule has 1 aliphatic rings. The molecule has 2 rings (SSSR count). The van der Waals surface area contributed by atoms with Crippen LogP contribution in [0.5, 0.6) is 0 Å². The van der Waals surface area contributed by atoms with Crippen LogP contribution in [0.2, 0.25) is 0 Å². The number of sulfonamides is 1. The second-order valence-corrected chi connectivity index (χ2v) is 6.59. The molecule has 3 nitrogen and oxygen atoms in total. The van der Waals surface area contributed by atoms with E-state index in [9.17, 15) is 8.42 Å². The summed E-state index contributed by atoms with van der Waals surface area (Å²) in [5.74, 6) is 0.389. The lowest BCUT2D eigenvalue weighted by Gasteiger charge is -2.08. The zero-order valence-electron chi connectivity index (χ0n) is 9.84. The van der Waals surface area contributed by atoms with Gasteiger partial charge >= 0.3 is 0 Å². The standard InChI is InChI=1S/C12H17NO2S/c1-9(2)12-8-13(12)16(14,15)11-6-4-10(3)5-7-11/h4-7,9,12H,8H2,1-3H3/t12-,13?/m1/s1. The Balaban J connectivity index is 2.24. The van der Waals surface area contributed by atoms with Crippen molar-refractivity contribution in [1.82, 2.24) is 4.31 Å². The molecule has 1 heterocycles. The number of hydrogen-bond donors (Lipinski definition) is 0. The van der Waals surface area contributed by atoms with E-state index in [0.29, 0.717) is 17.4 Å². The van der Waals surface area contributed by atoms with Crippen LogP contribution in [0.3, 0.4) is 0 Å². The fourth-order valence-corrected chi connectivity index (χ4v) is 3.50. The summed E-state index contributed by atoms with van der Waals surface area (Å²) in [6, 6.07) is 7.22. The normalized spacial score (nSPS) is 24.8. The monoisotopic (exact) mass is 239 g/mol. The van der Waals surface area contributed by atoms with Gasteiger partial charge in [-0.3, -0.25) is 0 Å². The van der Waals surface area contributed by atoms with E-state index in [0.717, 1.165) is 5.56 Å². The highest BCUT2D eigenvalue weighted by Gasteiger charge is 2.45. The van der Waals surface area contributed by atoms with Gasteiger partial charge in [0.25, 0.3) is 0 Å². The Kier molecular flexibility index (Phi) is 2.80. The summed E-state index contributed by atoms with van der Waals surface area (Å²) in [6.07, 6.45) is 0. The zero-order valence-corrected chi connectivity index (χ0v) is 10.7. The third-order valence-electron chi connectivity index (χ3n) is 3.00. The van der Waals surface area contributed by atoms with E-state index < -0.39 is 10.0 Å². The first-order valence-electron chi connectivity index (χ1n) is 5.51. The zero-order chi connectivity index (χ0) is 11.9. The minimum Gasteiger partial charge on any atom is -0.207 e. The third kappa shape index (κ3) is 1.99. The maximum atomic E-state index is 12.1. The fraction of sp³-hybridized carbons (Fsp3) is 0.500. The number of nitrogens with zero attached hydrogens (tertiary/aromatic N) is 1. The average Bonchev–Trinajstić information content (AvgIpc) is 2.98. The van der Waals surface area contributed by atoms with Crippen molar-refractivity contribution in [1.29, 1.82) is 0 Å². The van der Waals surface area contributed by atoms with E-state index in [2.05, 4.69) is 13.8 Å². The van der Waals surface area contributed by atoms with Gasteiger partial charge in [0.1, 0.15) is 0 Å². The maximum absolute atomic E-state index is 12.1. The van der Waals surface area contributed by atoms with Crippen LogP contribution in [0.25, 0.3) is 0 Å². The minimum absolute atomic E-state index is 0.186. The van der Waals surface area contributed by atoms with Crippen molar-refractivity contribution in [3.8, 4) is 0 Å². The molecule has 1 unspecified atom stereocenters. The Bertz CT molecular complexity index is 476. The molecule has 88 valence electrons. The Hall–Kier alpha value is -0.870. The van der Waals surface area contributed by atoms with Crippen molar-refractivity contribution in [2.24, 2.45) is 5.92 Å². The van der Waals surface area contributed by atoms with Gasteiger partial charge in [0, 0.05) is 12.6 Å². The molecule has 0 aliphatic carbocycles. The van der Waals surface area contributed by atoms with Gasteiger partial charge < -0.3 is 0 Å². The smallest absolute Gasteiger partial charge is 0.207 e. The van der Waals surface area contributed by atoms with Gasteiger partial charge in [-0.25, -0.2) is 8.42 Å². The molecular weight excluding hydrogens is 222 g/mol. The van der Waals surface area contributed by atoms with Crippen molar-refractivity contribution >= 4 is 10.0 Å². The van der Waals surface area contributed by atoms with Gasteiger partial charge in [-0.05, 0) is 25.0 Å². The molecule has 0 spiro atoms. The van der Waals surface area contributed by atoms with Gasteiger partial charge in [0.05, 0.1) is 4.90 Å². The molecule has 1 fully saturated rings. The highest BCUT2D eigenvalue weighted by Crippen LogP contribution is 2.32. The van der Waals surface area contributed by atoms with E-state index in [1.165, 1.54) is 0 Å². The summed E-state index contributed by atoms with van der Waals surface area (Å²) in [6.45, 7) is 6.71. The summed E-state index contributed by atoms with van der Waals surface area (Å²) in [7, 11) is -3.24. The molecule has 1 aromatic carbocycles. The lowest BCUT2D eigenvalue weighted by molar-refractivity contribution is 0.518. The number of benzene rings is 1. The largest absolute Gasteiger partial charge is 0.243 e. The Morgan fingerprint density at radius 2 is 1.81 bits per heavy atom. The number of hydrogen-bond acceptors (Lipinski definition) is 2. The molecule has 1 aliphatic heterocycles. The molecule has 0 amide bonds. The summed E-state index contributed by atoms with van der Waals surface area (Å²) in [4.78, 5) is 0.404. The minimum atomic E-state index is -3.24. The highest BCUT2D eigenvalue weighted by atomic mass is 32.2. The molecule has 0 aromatic heterocycles. The van der Waals surface area contributed by atoms with Crippen LogP contribution < -0.4 is 0 Å².